The maximum absolute atomic E-state index is 5.61. The summed E-state index contributed by atoms with van der Waals surface area (Å²) in [6.07, 6.45) is 3.78. The number of aromatic nitrogens is 1. The molecule has 11 heavy (non-hydrogen) atoms. The third-order valence-electron chi connectivity index (χ3n) is 1.46. The summed E-state index contributed by atoms with van der Waals surface area (Å²) in [5, 5.41) is 0.543. The van der Waals surface area contributed by atoms with E-state index in [-0.39, 0.29) is 0 Å². The van der Waals surface area contributed by atoms with Crippen molar-refractivity contribution in [3.8, 4) is 0 Å². The van der Waals surface area contributed by atoms with Gasteiger partial charge >= 0.3 is 0 Å². The minimum Gasteiger partial charge on any atom is -0.330 e. The van der Waals surface area contributed by atoms with Gasteiger partial charge in [0.25, 0.3) is 0 Å². The molecule has 1 aromatic rings. The molecule has 0 aromatic carbocycles. The van der Waals surface area contributed by atoms with E-state index in [4.69, 9.17) is 17.3 Å². The molecule has 1 aromatic heterocycles. The van der Waals surface area contributed by atoms with Crippen LogP contribution in [0.2, 0.25) is 5.15 Å². The Morgan fingerprint density at radius 3 is 2.82 bits per heavy atom. The summed E-state index contributed by atoms with van der Waals surface area (Å²) in [5.41, 5.74) is 6.55. The van der Waals surface area contributed by atoms with Crippen LogP contribution in [0.25, 0.3) is 0 Å². The lowest BCUT2D eigenvalue weighted by Gasteiger charge is -1.97. The topological polar surface area (TPSA) is 38.9 Å². The number of aryl methyl sites for hydroxylation is 1. The van der Waals surface area contributed by atoms with Gasteiger partial charge < -0.3 is 5.73 Å². The molecule has 0 aliphatic carbocycles. The summed E-state index contributed by atoms with van der Waals surface area (Å²) in [6, 6.07) is 3.78. The molecule has 0 spiro atoms. The zero-order valence-electron chi connectivity index (χ0n) is 6.26. The smallest absolute Gasteiger partial charge is 0.129 e. The molecule has 0 bridgehead atoms. The normalized spacial score (nSPS) is 10.0. The van der Waals surface area contributed by atoms with Crippen LogP contribution in [0, 0.1) is 0 Å². The van der Waals surface area contributed by atoms with Crippen molar-refractivity contribution in [3.05, 3.63) is 29.0 Å². The average molecular weight is 171 g/mol. The van der Waals surface area contributed by atoms with Crippen LogP contribution >= 0.6 is 11.6 Å². The largest absolute Gasteiger partial charge is 0.330 e. The molecule has 1 heterocycles. The minimum absolute atomic E-state index is 0.543. The van der Waals surface area contributed by atoms with Gasteiger partial charge in [0.05, 0.1) is 0 Å². The SMILES string of the molecule is NCCCc1ccc(Cl)nc1. The highest BCUT2D eigenvalue weighted by Gasteiger charge is 1.92. The molecule has 0 aliphatic heterocycles. The molecule has 0 fully saturated rings. The molecule has 0 saturated heterocycles. The Hall–Kier alpha value is -0.600. The molecule has 0 aliphatic rings. The zero-order valence-corrected chi connectivity index (χ0v) is 7.01. The molecule has 2 N–H and O–H groups in total. The second-order valence-electron chi connectivity index (χ2n) is 2.38. The van der Waals surface area contributed by atoms with Crippen LogP contribution < -0.4 is 5.73 Å². The first-order valence-electron chi connectivity index (χ1n) is 3.63. The number of hydrogen-bond donors (Lipinski definition) is 1. The van der Waals surface area contributed by atoms with Crippen molar-refractivity contribution >= 4 is 11.6 Å². The Morgan fingerprint density at radius 2 is 2.27 bits per heavy atom. The predicted octanol–water partition coefficient (Wildman–Crippen LogP) is 1.63. The Morgan fingerprint density at radius 1 is 1.45 bits per heavy atom. The van der Waals surface area contributed by atoms with E-state index in [0.29, 0.717) is 5.15 Å². The van der Waals surface area contributed by atoms with E-state index >= 15 is 0 Å². The molecule has 3 heteroatoms. The van der Waals surface area contributed by atoms with Crippen LogP contribution in [0.15, 0.2) is 18.3 Å². The number of hydrogen-bond acceptors (Lipinski definition) is 2. The second-order valence-corrected chi connectivity index (χ2v) is 2.77. The summed E-state index contributed by atoms with van der Waals surface area (Å²) in [6.45, 7) is 0.725. The monoisotopic (exact) mass is 170 g/mol. The van der Waals surface area contributed by atoms with Crippen LogP contribution in [0.5, 0.6) is 0 Å². The average Bonchev–Trinajstić information content (AvgIpc) is 2.04. The number of pyridine rings is 1. The van der Waals surface area contributed by atoms with E-state index < -0.39 is 0 Å². The first kappa shape index (κ1) is 8.50. The van der Waals surface area contributed by atoms with Crippen LogP contribution in [0.4, 0.5) is 0 Å². The Kier molecular flexibility index (Phi) is 3.33. The molecule has 60 valence electrons. The van der Waals surface area contributed by atoms with Crippen molar-refractivity contribution in [3.63, 3.8) is 0 Å². The highest BCUT2D eigenvalue weighted by molar-refractivity contribution is 6.29. The molecule has 0 unspecified atom stereocenters. The first-order valence-corrected chi connectivity index (χ1v) is 4.01. The Bertz CT molecular complexity index is 208. The maximum Gasteiger partial charge on any atom is 0.129 e. The van der Waals surface area contributed by atoms with E-state index in [1.165, 1.54) is 5.56 Å². The van der Waals surface area contributed by atoms with Gasteiger partial charge in [-0.15, -0.1) is 0 Å². The minimum atomic E-state index is 0.543. The van der Waals surface area contributed by atoms with Crippen molar-refractivity contribution < 1.29 is 0 Å². The molecular weight excluding hydrogens is 160 g/mol. The fourth-order valence-electron chi connectivity index (χ4n) is 0.861. The van der Waals surface area contributed by atoms with Gasteiger partial charge in [-0.05, 0) is 31.0 Å². The van der Waals surface area contributed by atoms with E-state index in [9.17, 15) is 0 Å². The molecule has 2 nitrogen and oxygen atoms in total. The van der Waals surface area contributed by atoms with Crippen molar-refractivity contribution in [2.24, 2.45) is 5.73 Å². The van der Waals surface area contributed by atoms with Crippen molar-refractivity contribution in [1.82, 2.24) is 4.98 Å². The molecule has 1 rings (SSSR count). The van der Waals surface area contributed by atoms with Gasteiger partial charge in [0.1, 0.15) is 5.15 Å². The van der Waals surface area contributed by atoms with Gasteiger partial charge in [0, 0.05) is 6.20 Å². The molecular formula is C8H11ClN2. The van der Waals surface area contributed by atoms with Gasteiger partial charge in [-0.1, -0.05) is 17.7 Å². The number of nitrogens with zero attached hydrogens (tertiary/aromatic N) is 1. The number of halogens is 1. The Labute approximate surface area is 71.4 Å². The van der Waals surface area contributed by atoms with Gasteiger partial charge in [-0.25, -0.2) is 4.98 Å². The quantitative estimate of drug-likeness (QED) is 0.701. The number of nitrogens with two attached hydrogens (primary N) is 1. The van der Waals surface area contributed by atoms with E-state index in [1.54, 1.807) is 12.3 Å². The summed E-state index contributed by atoms with van der Waals surface area (Å²) in [5.74, 6) is 0. The highest BCUT2D eigenvalue weighted by Crippen LogP contribution is 2.06. The summed E-state index contributed by atoms with van der Waals surface area (Å²) in [7, 11) is 0. The van der Waals surface area contributed by atoms with Crippen LogP contribution in [0.3, 0.4) is 0 Å². The standard InChI is InChI=1S/C8H11ClN2/c9-8-4-3-7(6-11-8)2-1-5-10/h3-4,6H,1-2,5,10H2. The predicted molar refractivity (Wildman–Crippen MR) is 46.6 cm³/mol. The van der Waals surface area contributed by atoms with Crippen molar-refractivity contribution in [1.29, 1.82) is 0 Å². The third-order valence-corrected chi connectivity index (χ3v) is 1.68. The lowest BCUT2D eigenvalue weighted by Crippen LogP contribution is -2.00. The van der Waals surface area contributed by atoms with Gasteiger partial charge in [0.2, 0.25) is 0 Å². The summed E-state index contributed by atoms with van der Waals surface area (Å²) >= 11 is 5.61. The van der Waals surface area contributed by atoms with Crippen LogP contribution in [0.1, 0.15) is 12.0 Å². The van der Waals surface area contributed by atoms with E-state index in [2.05, 4.69) is 4.98 Å². The van der Waals surface area contributed by atoms with Gasteiger partial charge in [0.15, 0.2) is 0 Å². The third kappa shape index (κ3) is 2.87. The molecule has 0 saturated carbocycles. The number of rotatable bonds is 3. The Balaban J connectivity index is 2.52. The highest BCUT2D eigenvalue weighted by atomic mass is 35.5. The zero-order chi connectivity index (χ0) is 8.10. The fraction of sp³-hybridized carbons (Fsp3) is 0.375. The molecule has 0 radical (unpaired) electrons. The van der Waals surface area contributed by atoms with Gasteiger partial charge in [-0.3, -0.25) is 0 Å². The second kappa shape index (κ2) is 4.31. The van der Waals surface area contributed by atoms with E-state index in [0.717, 1.165) is 19.4 Å². The van der Waals surface area contributed by atoms with E-state index in [1.807, 2.05) is 6.07 Å². The summed E-state index contributed by atoms with van der Waals surface area (Å²) in [4.78, 5) is 3.96. The van der Waals surface area contributed by atoms with Crippen molar-refractivity contribution in [2.75, 3.05) is 6.54 Å². The summed E-state index contributed by atoms with van der Waals surface area (Å²) < 4.78 is 0. The molecule has 0 amide bonds. The first-order chi connectivity index (χ1) is 5.33. The lowest BCUT2D eigenvalue weighted by atomic mass is 10.2. The van der Waals surface area contributed by atoms with Crippen molar-refractivity contribution in [2.45, 2.75) is 12.8 Å². The van der Waals surface area contributed by atoms with Crippen LogP contribution in [-0.2, 0) is 6.42 Å². The molecule has 0 atom stereocenters. The fourth-order valence-corrected chi connectivity index (χ4v) is 0.972. The van der Waals surface area contributed by atoms with Gasteiger partial charge in [-0.2, -0.15) is 0 Å². The maximum atomic E-state index is 5.61. The lowest BCUT2D eigenvalue weighted by molar-refractivity contribution is 0.829. The van der Waals surface area contributed by atoms with Crippen LogP contribution in [-0.4, -0.2) is 11.5 Å².